The molecule has 0 radical (unpaired) electrons. The molecule has 0 bridgehead atoms. The molecule has 6 heteroatoms. The topological polar surface area (TPSA) is 49.0 Å². The van der Waals surface area contributed by atoms with E-state index in [-0.39, 0.29) is 23.6 Å². The Hall–Kier alpha value is -2.40. The summed E-state index contributed by atoms with van der Waals surface area (Å²) < 4.78 is 14.1. The number of aromatic nitrogens is 2. The van der Waals surface area contributed by atoms with E-state index in [2.05, 4.69) is 22.2 Å². The first kappa shape index (κ1) is 17.7. The molecule has 3 aromatic rings. The quantitative estimate of drug-likeness (QED) is 0.685. The van der Waals surface area contributed by atoms with Crippen molar-refractivity contribution in [3.63, 3.8) is 0 Å². The summed E-state index contributed by atoms with van der Waals surface area (Å²) in [7, 11) is 0. The molecule has 28 heavy (non-hydrogen) atoms. The van der Waals surface area contributed by atoms with Crippen molar-refractivity contribution in [3.8, 4) is 0 Å². The molecule has 5 rings (SSSR count). The fraction of sp³-hybridized carbons (Fsp3) is 0.364. The van der Waals surface area contributed by atoms with Crippen LogP contribution in [0.25, 0.3) is 11.0 Å². The first-order valence-corrected chi connectivity index (χ1v) is 10.2. The average Bonchev–Trinajstić information content (AvgIpc) is 3.37. The van der Waals surface area contributed by atoms with Crippen LogP contribution in [0.2, 0.25) is 5.02 Å². The second-order valence-electron chi connectivity index (χ2n) is 7.83. The van der Waals surface area contributed by atoms with Gasteiger partial charge in [-0.1, -0.05) is 17.7 Å². The Morgan fingerprint density at radius 1 is 1.21 bits per heavy atom. The maximum atomic E-state index is 14.1. The van der Waals surface area contributed by atoms with E-state index in [1.807, 2.05) is 11.0 Å². The highest BCUT2D eigenvalue weighted by Gasteiger charge is 2.48. The van der Waals surface area contributed by atoms with Gasteiger partial charge in [0.2, 0.25) is 5.91 Å². The number of halogens is 2. The second-order valence-corrected chi connectivity index (χ2v) is 8.23. The predicted molar refractivity (Wildman–Crippen MR) is 107 cm³/mol. The number of benzene rings is 1. The van der Waals surface area contributed by atoms with Crippen LogP contribution in [-0.2, 0) is 4.79 Å². The zero-order valence-electron chi connectivity index (χ0n) is 15.4. The number of rotatable bonds is 3. The van der Waals surface area contributed by atoms with Crippen LogP contribution in [0.5, 0.6) is 0 Å². The Labute approximate surface area is 167 Å². The van der Waals surface area contributed by atoms with Crippen molar-refractivity contribution >= 4 is 28.5 Å². The summed E-state index contributed by atoms with van der Waals surface area (Å²) in [6, 6.07) is 8.77. The minimum atomic E-state index is -0.306. The Balaban J connectivity index is 1.25. The van der Waals surface area contributed by atoms with Crippen LogP contribution in [0, 0.1) is 11.7 Å². The van der Waals surface area contributed by atoms with Crippen LogP contribution in [0.4, 0.5) is 4.39 Å². The number of amides is 1. The fourth-order valence-electron chi connectivity index (χ4n) is 4.61. The highest BCUT2D eigenvalue weighted by atomic mass is 35.5. The molecule has 4 nitrogen and oxygen atoms in total. The van der Waals surface area contributed by atoms with Crippen LogP contribution in [-0.4, -0.2) is 33.9 Å². The van der Waals surface area contributed by atoms with Gasteiger partial charge in [0.1, 0.15) is 11.5 Å². The summed E-state index contributed by atoms with van der Waals surface area (Å²) in [5, 5.41) is 1.59. The lowest BCUT2D eigenvalue weighted by molar-refractivity contribution is -0.133. The van der Waals surface area contributed by atoms with Crippen molar-refractivity contribution in [2.75, 3.05) is 13.1 Å². The summed E-state index contributed by atoms with van der Waals surface area (Å²) in [4.78, 5) is 22.5. The standard InChI is InChI=1S/C22H21ClFN3O/c23-18-4-1-5-19(24)20(18)15-11-16(15)22(28)27-9-6-13(7-10-27)17-12-26-21-14(17)3-2-8-25-21/h1-5,8,12-13,15-16H,6-7,9-11H2,(H,25,26). The molecule has 2 aliphatic rings. The van der Waals surface area contributed by atoms with Gasteiger partial charge in [-0.25, -0.2) is 9.37 Å². The van der Waals surface area contributed by atoms with Gasteiger partial charge in [0, 0.05) is 53.3 Å². The van der Waals surface area contributed by atoms with E-state index in [1.165, 1.54) is 17.0 Å². The van der Waals surface area contributed by atoms with Gasteiger partial charge in [0.25, 0.3) is 0 Å². The number of pyridine rings is 1. The van der Waals surface area contributed by atoms with Gasteiger partial charge in [0.15, 0.2) is 0 Å². The van der Waals surface area contributed by atoms with Crippen LogP contribution < -0.4 is 0 Å². The number of carbonyl (C=O) groups is 1. The Morgan fingerprint density at radius 2 is 2.04 bits per heavy atom. The third-order valence-electron chi connectivity index (χ3n) is 6.21. The number of aromatic amines is 1. The number of nitrogens with zero attached hydrogens (tertiary/aromatic N) is 2. The van der Waals surface area contributed by atoms with Gasteiger partial charge in [-0.3, -0.25) is 4.79 Å². The van der Waals surface area contributed by atoms with E-state index in [4.69, 9.17) is 11.6 Å². The van der Waals surface area contributed by atoms with Crippen molar-refractivity contribution in [2.24, 2.45) is 5.92 Å². The molecule has 144 valence electrons. The van der Waals surface area contributed by atoms with Crippen LogP contribution in [0.1, 0.15) is 42.2 Å². The van der Waals surface area contributed by atoms with E-state index >= 15 is 0 Å². The summed E-state index contributed by atoms with van der Waals surface area (Å²) >= 11 is 6.17. The molecular weight excluding hydrogens is 377 g/mol. The number of hydrogen-bond acceptors (Lipinski definition) is 2. The largest absolute Gasteiger partial charge is 0.346 e. The molecule has 3 heterocycles. The number of nitrogens with one attached hydrogen (secondary N) is 1. The minimum absolute atomic E-state index is 0.0846. The van der Waals surface area contributed by atoms with Gasteiger partial charge in [-0.15, -0.1) is 0 Å². The molecule has 2 unspecified atom stereocenters. The fourth-order valence-corrected chi connectivity index (χ4v) is 4.92. The van der Waals surface area contributed by atoms with E-state index in [0.29, 0.717) is 22.9 Å². The maximum Gasteiger partial charge on any atom is 0.226 e. The van der Waals surface area contributed by atoms with Crippen LogP contribution in [0.15, 0.2) is 42.7 Å². The lowest BCUT2D eigenvalue weighted by Gasteiger charge is -2.32. The van der Waals surface area contributed by atoms with Gasteiger partial charge in [-0.2, -0.15) is 0 Å². The molecule has 2 aromatic heterocycles. The summed E-state index contributed by atoms with van der Waals surface area (Å²) in [6.45, 7) is 1.48. The van der Waals surface area contributed by atoms with E-state index in [9.17, 15) is 9.18 Å². The Morgan fingerprint density at radius 3 is 2.82 bits per heavy atom. The van der Waals surface area contributed by atoms with E-state index in [1.54, 1.807) is 18.3 Å². The molecule has 2 fully saturated rings. The van der Waals surface area contributed by atoms with Crippen molar-refractivity contribution in [1.29, 1.82) is 0 Å². The molecule has 1 aromatic carbocycles. The summed E-state index contributed by atoms with van der Waals surface area (Å²) in [5.41, 5.74) is 2.71. The first-order chi connectivity index (χ1) is 13.6. The third-order valence-corrected chi connectivity index (χ3v) is 6.54. The first-order valence-electron chi connectivity index (χ1n) is 9.78. The molecule has 0 spiro atoms. The van der Waals surface area contributed by atoms with Crippen molar-refractivity contribution in [3.05, 3.63) is 64.7 Å². The third kappa shape index (κ3) is 2.98. The monoisotopic (exact) mass is 397 g/mol. The van der Waals surface area contributed by atoms with Gasteiger partial charge >= 0.3 is 0 Å². The highest BCUT2D eigenvalue weighted by molar-refractivity contribution is 6.31. The Kier molecular flexibility index (Phi) is 4.35. The molecule has 1 N–H and O–H groups in total. The number of H-pyrrole nitrogens is 1. The maximum absolute atomic E-state index is 14.1. The zero-order valence-corrected chi connectivity index (χ0v) is 16.1. The van der Waals surface area contributed by atoms with E-state index in [0.717, 1.165) is 31.6 Å². The van der Waals surface area contributed by atoms with Gasteiger partial charge in [0.05, 0.1) is 0 Å². The van der Waals surface area contributed by atoms with Gasteiger partial charge < -0.3 is 9.88 Å². The molecule has 2 atom stereocenters. The van der Waals surface area contributed by atoms with Crippen molar-refractivity contribution in [2.45, 2.75) is 31.1 Å². The second kappa shape index (κ2) is 6.89. The minimum Gasteiger partial charge on any atom is -0.346 e. The van der Waals surface area contributed by atoms with Crippen molar-refractivity contribution < 1.29 is 9.18 Å². The Bertz CT molecular complexity index is 1020. The normalized spacial score (nSPS) is 22.6. The molecule has 1 aliphatic carbocycles. The van der Waals surface area contributed by atoms with Crippen LogP contribution >= 0.6 is 11.6 Å². The smallest absolute Gasteiger partial charge is 0.226 e. The van der Waals surface area contributed by atoms with Crippen molar-refractivity contribution in [1.82, 2.24) is 14.9 Å². The lowest BCUT2D eigenvalue weighted by Crippen LogP contribution is -2.39. The molecular formula is C22H21ClFN3O. The molecule has 1 saturated heterocycles. The molecule has 1 saturated carbocycles. The van der Waals surface area contributed by atoms with Gasteiger partial charge in [-0.05, 0) is 55.0 Å². The number of carbonyl (C=O) groups excluding carboxylic acids is 1. The van der Waals surface area contributed by atoms with Crippen LogP contribution in [0.3, 0.4) is 0 Å². The highest BCUT2D eigenvalue weighted by Crippen LogP contribution is 2.51. The number of fused-ring (bicyclic) bond motifs is 1. The predicted octanol–water partition coefficient (Wildman–Crippen LogP) is 4.87. The number of hydrogen-bond donors (Lipinski definition) is 1. The molecule has 1 aliphatic heterocycles. The average molecular weight is 398 g/mol. The zero-order chi connectivity index (χ0) is 19.3. The molecule has 1 amide bonds. The number of likely N-dealkylation sites (tertiary alicyclic amines) is 1. The lowest BCUT2D eigenvalue weighted by atomic mass is 9.89. The number of piperidine rings is 1. The van der Waals surface area contributed by atoms with E-state index < -0.39 is 0 Å². The summed E-state index contributed by atoms with van der Waals surface area (Å²) in [6.07, 6.45) is 6.40. The summed E-state index contributed by atoms with van der Waals surface area (Å²) in [5.74, 6) is 0.0442. The SMILES string of the molecule is O=C(C1CC1c1c(F)cccc1Cl)N1CCC(c2c[nH]c3ncccc23)CC1.